The van der Waals surface area contributed by atoms with Gasteiger partial charge in [0.25, 0.3) is 0 Å². The molecule has 1 saturated heterocycles. The molecule has 1 amide bonds. The first kappa shape index (κ1) is 13.9. The van der Waals surface area contributed by atoms with E-state index in [1.54, 1.807) is 11.8 Å². The van der Waals surface area contributed by atoms with E-state index in [0.29, 0.717) is 18.0 Å². The number of nitrogens with zero attached hydrogens (tertiary/aromatic N) is 1. The van der Waals surface area contributed by atoms with Crippen LogP contribution in [-0.2, 0) is 4.79 Å². The molecular formula is C14H18F2N2O. The van der Waals surface area contributed by atoms with Gasteiger partial charge in [-0.3, -0.25) is 10.1 Å². The third-order valence-electron chi connectivity index (χ3n) is 3.19. The van der Waals surface area contributed by atoms with Crippen molar-refractivity contribution in [3.8, 4) is 0 Å². The molecule has 3 nitrogen and oxygen atoms in total. The molecule has 0 aromatic heterocycles. The summed E-state index contributed by atoms with van der Waals surface area (Å²) in [5.41, 5.74) is 0.567. The Bertz CT molecular complexity index is 490. The van der Waals surface area contributed by atoms with Crippen LogP contribution in [0.3, 0.4) is 0 Å². The molecule has 1 aromatic carbocycles. The van der Waals surface area contributed by atoms with Gasteiger partial charge in [-0.15, -0.1) is 0 Å². The quantitative estimate of drug-likeness (QED) is 0.913. The van der Waals surface area contributed by atoms with Crippen LogP contribution >= 0.6 is 0 Å². The van der Waals surface area contributed by atoms with Crippen molar-refractivity contribution in [3.63, 3.8) is 0 Å². The second kappa shape index (κ2) is 5.25. The van der Waals surface area contributed by atoms with Gasteiger partial charge in [0.05, 0.1) is 6.04 Å². The van der Waals surface area contributed by atoms with Crippen molar-refractivity contribution in [2.75, 3.05) is 6.54 Å². The summed E-state index contributed by atoms with van der Waals surface area (Å²) in [6, 6.07) is 3.44. The SMILES string of the molecule is CC(C)CN1C(=O)C(C)NC1c1ccc(F)c(F)c1. The van der Waals surface area contributed by atoms with E-state index in [2.05, 4.69) is 5.32 Å². The summed E-state index contributed by atoms with van der Waals surface area (Å²) in [5, 5.41) is 3.11. The van der Waals surface area contributed by atoms with Crippen molar-refractivity contribution in [2.24, 2.45) is 5.92 Å². The third-order valence-corrected chi connectivity index (χ3v) is 3.19. The van der Waals surface area contributed by atoms with Crippen LogP contribution in [0.5, 0.6) is 0 Å². The van der Waals surface area contributed by atoms with Gasteiger partial charge in [0, 0.05) is 6.54 Å². The Hall–Kier alpha value is -1.49. The molecule has 1 N–H and O–H groups in total. The monoisotopic (exact) mass is 268 g/mol. The van der Waals surface area contributed by atoms with Crippen molar-refractivity contribution < 1.29 is 13.6 Å². The number of nitrogens with one attached hydrogen (secondary N) is 1. The highest BCUT2D eigenvalue weighted by Gasteiger charge is 2.37. The van der Waals surface area contributed by atoms with Crippen molar-refractivity contribution >= 4 is 5.91 Å². The van der Waals surface area contributed by atoms with Crippen molar-refractivity contribution in [3.05, 3.63) is 35.4 Å². The number of benzene rings is 1. The smallest absolute Gasteiger partial charge is 0.241 e. The summed E-state index contributed by atoms with van der Waals surface area (Å²) >= 11 is 0. The Morgan fingerprint density at radius 3 is 2.58 bits per heavy atom. The maximum absolute atomic E-state index is 13.3. The van der Waals surface area contributed by atoms with E-state index in [9.17, 15) is 13.6 Å². The molecule has 0 bridgehead atoms. The molecule has 19 heavy (non-hydrogen) atoms. The van der Waals surface area contributed by atoms with E-state index in [-0.39, 0.29) is 18.1 Å². The molecule has 1 fully saturated rings. The van der Waals surface area contributed by atoms with Crippen LogP contribution in [0.15, 0.2) is 18.2 Å². The molecule has 0 spiro atoms. The molecule has 1 aliphatic rings. The Labute approximate surface area is 111 Å². The molecule has 2 rings (SSSR count). The number of rotatable bonds is 3. The lowest BCUT2D eigenvalue weighted by molar-refractivity contribution is -0.130. The number of carbonyl (C=O) groups excluding carboxylic acids is 1. The average molecular weight is 268 g/mol. The second-order valence-electron chi connectivity index (χ2n) is 5.35. The Morgan fingerprint density at radius 2 is 2.00 bits per heavy atom. The summed E-state index contributed by atoms with van der Waals surface area (Å²) in [6.45, 7) is 6.38. The van der Waals surface area contributed by atoms with Gasteiger partial charge in [-0.25, -0.2) is 8.78 Å². The fourth-order valence-electron chi connectivity index (χ4n) is 2.32. The van der Waals surface area contributed by atoms with E-state index in [4.69, 9.17) is 0 Å². The number of hydrogen-bond donors (Lipinski definition) is 1. The highest BCUT2D eigenvalue weighted by molar-refractivity contribution is 5.84. The third kappa shape index (κ3) is 2.76. The van der Waals surface area contributed by atoms with Crippen molar-refractivity contribution in [1.82, 2.24) is 10.2 Å². The van der Waals surface area contributed by atoms with Gasteiger partial charge >= 0.3 is 0 Å². The molecule has 1 aliphatic heterocycles. The summed E-state index contributed by atoms with van der Waals surface area (Å²) in [5.74, 6) is -1.47. The fourth-order valence-corrected chi connectivity index (χ4v) is 2.32. The summed E-state index contributed by atoms with van der Waals surface area (Å²) < 4.78 is 26.3. The highest BCUT2D eigenvalue weighted by atomic mass is 19.2. The first-order chi connectivity index (χ1) is 8.90. The normalized spacial score (nSPS) is 23.5. The maximum Gasteiger partial charge on any atom is 0.241 e. The molecule has 104 valence electrons. The van der Waals surface area contributed by atoms with Gasteiger partial charge in [0.15, 0.2) is 11.6 Å². The molecule has 2 atom stereocenters. The van der Waals surface area contributed by atoms with Crippen LogP contribution in [-0.4, -0.2) is 23.4 Å². The van der Waals surface area contributed by atoms with Gasteiger partial charge in [0.1, 0.15) is 6.17 Å². The Morgan fingerprint density at radius 1 is 1.32 bits per heavy atom. The molecule has 0 aliphatic carbocycles. The largest absolute Gasteiger partial charge is 0.321 e. The molecule has 0 saturated carbocycles. The molecule has 1 heterocycles. The van der Waals surface area contributed by atoms with Crippen molar-refractivity contribution in [2.45, 2.75) is 33.0 Å². The van der Waals surface area contributed by atoms with Gasteiger partial charge < -0.3 is 4.90 Å². The lowest BCUT2D eigenvalue weighted by Gasteiger charge is -2.26. The van der Waals surface area contributed by atoms with Crippen LogP contribution in [0.1, 0.15) is 32.5 Å². The number of hydrogen-bond acceptors (Lipinski definition) is 2. The van der Waals surface area contributed by atoms with E-state index in [0.717, 1.165) is 12.1 Å². The van der Waals surface area contributed by atoms with Gasteiger partial charge in [-0.05, 0) is 30.5 Å². The number of amides is 1. The van der Waals surface area contributed by atoms with E-state index >= 15 is 0 Å². The number of carbonyl (C=O) groups is 1. The first-order valence-corrected chi connectivity index (χ1v) is 6.41. The van der Waals surface area contributed by atoms with E-state index in [1.165, 1.54) is 6.07 Å². The lowest BCUT2D eigenvalue weighted by Crippen LogP contribution is -2.33. The van der Waals surface area contributed by atoms with Crippen LogP contribution in [0.2, 0.25) is 0 Å². The van der Waals surface area contributed by atoms with Gasteiger partial charge in [-0.1, -0.05) is 19.9 Å². The van der Waals surface area contributed by atoms with Crippen LogP contribution in [0, 0.1) is 17.6 Å². The van der Waals surface area contributed by atoms with Crippen LogP contribution in [0.25, 0.3) is 0 Å². The zero-order chi connectivity index (χ0) is 14.2. The summed E-state index contributed by atoms with van der Waals surface area (Å²) in [4.78, 5) is 13.8. The topological polar surface area (TPSA) is 32.3 Å². The van der Waals surface area contributed by atoms with Crippen LogP contribution < -0.4 is 5.32 Å². The molecule has 2 unspecified atom stereocenters. The Balaban J connectivity index is 2.30. The zero-order valence-corrected chi connectivity index (χ0v) is 11.3. The maximum atomic E-state index is 13.3. The Kier molecular flexibility index (Phi) is 3.85. The molecule has 0 radical (unpaired) electrons. The molecule has 1 aromatic rings. The minimum atomic E-state index is -0.893. The highest BCUT2D eigenvalue weighted by Crippen LogP contribution is 2.27. The summed E-state index contributed by atoms with van der Waals surface area (Å²) in [6.07, 6.45) is -0.389. The molecular weight excluding hydrogens is 250 g/mol. The predicted octanol–water partition coefficient (Wildman–Crippen LogP) is 2.44. The lowest BCUT2D eigenvalue weighted by atomic mass is 10.1. The van der Waals surface area contributed by atoms with E-state index < -0.39 is 11.6 Å². The predicted molar refractivity (Wildman–Crippen MR) is 68.2 cm³/mol. The van der Waals surface area contributed by atoms with Gasteiger partial charge in [0.2, 0.25) is 5.91 Å². The summed E-state index contributed by atoms with van der Waals surface area (Å²) in [7, 11) is 0. The first-order valence-electron chi connectivity index (χ1n) is 6.41. The number of halogens is 2. The van der Waals surface area contributed by atoms with Gasteiger partial charge in [-0.2, -0.15) is 0 Å². The fraction of sp³-hybridized carbons (Fsp3) is 0.500. The standard InChI is InChI=1S/C14H18F2N2O/c1-8(2)7-18-13(17-9(3)14(18)19)10-4-5-11(15)12(16)6-10/h4-6,8-9,13,17H,7H2,1-3H3. The zero-order valence-electron chi connectivity index (χ0n) is 11.3. The second-order valence-corrected chi connectivity index (χ2v) is 5.35. The minimum absolute atomic E-state index is 0.0107. The van der Waals surface area contributed by atoms with E-state index in [1.807, 2.05) is 13.8 Å². The minimum Gasteiger partial charge on any atom is -0.321 e. The molecule has 5 heteroatoms. The van der Waals surface area contributed by atoms with Crippen molar-refractivity contribution in [1.29, 1.82) is 0 Å². The van der Waals surface area contributed by atoms with Crippen LogP contribution in [0.4, 0.5) is 8.78 Å². The average Bonchev–Trinajstić information content (AvgIpc) is 2.60.